The van der Waals surface area contributed by atoms with Crippen LogP contribution in [0.3, 0.4) is 0 Å². The van der Waals surface area contributed by atoms with E-state index in [0.29, 0.717) is 5.75 Å². The maximum Gasteiger partial charge on any atom is 0.115 e. The Balaban J connectivity index is 1.79. The summed E-state index contributed by atoms with van der Waals surface area (Å²) in [6, 6.07) is 12.0. The van der Waals surface area contributed by atoms with Gasteiger partial charge in [-0.1, -0.05) is 38.1 Å². The Morgan fingerprint density at radius 1 is 0.958 bits per heavy atom. The van der Waals surface area contributed by atoms with E-state index in [0.717, 1.165) is 44.5 Å². The van der Waals surface area contributed by atoms with E-state index >= 15 is 0 Å². The lowest BCUT2D eigenvalue weighted by Crippen LogP contribution is -2.25. The molecule has 0 fully saturated rings. The quantitative estimate of drug-likeness (QED) is 0.846. The lowest BCUT2D eigenvalue weighted by molar-refractivity contribution is 0.145. The van der Waals surface area contributed by atoms with Crippen molar-refractivity contribution in [2.75, 3.05) is 19.6 Å². The van der Waals surface area contributed by atoms with Gasteiger partial charge < -0.3 is 15.1 Å². The molecule has 1 unspecified atom stereocenters. The molecule has 0 radical (unpaired) electrons. The number of aromatic hydroxyl groups is 1. The van der Waals surface area contributed by atoms with Crippen LogP contribution in [0.25, 0.3) is 11.1 Å². The number of phenols is 1. The first-order valence-corrected chi connectivity index (χ1v) is 8.97. The first-order valence-electron chi connectivity index (χ1n) is 8.97. The highest BCUT2D eigenvalue weighted by Crippen LogP contribution is 2.36. The summed E-state index contributed by atoms with van der Waals surface area (Å²) < 4.78 is 0. The van der Waals surface area contributed by atoms with E-state index < -0.39 is 6.10 Å². The van der Waals surface area contributed by atoms with Crippen LogP contribution in [0.15, 0.2) is 36.4 Å². The summed E-state index contributed by atoms with van der Waals surface area (Å²) in [5.41, 5.74) is 5.96. The Bertz CT molecular complexity index is 707. The van der Waals surface area contributed by atoms with Gasteiger partial charge in [-0.15, -0.1) is 0 Å². The van der Waals surface area contributed by atoms with E-state index in [1.807, 2.05) is 18.2 Å². The van der Waals surface area contributed by atoms with E-state index in [1.54, 1.807) is 6.07 Å². The Hall–Kier alpha value is -1.84. The normalized spacial score (nSPS) is 14.3. The molecule has 2 N–H and O–H groups in total. The average molecular weight is 325 g/mol. The highest BCUT2D eigenvalue weighted by molar-refractivity contribution is 5.74. The van der Waals surface area contributed by atoms with Crippen LogP contribution in [-0.2, 0) is 12.8 Å². The lowest BCUT2D eigenvalue weighted by Gasteiger charge is -2.23. The second kappa shape index (κ2) is 7.37. The molecule has 3 rings (SSSR count). The molecule has 0 aliphatic heterocycles. The molecule has 24 heavy (non-hydrogen) atoms. The van der Waals surface area contributed by atoms with Crippen molar-refractivity contribution in [2.24, 2.45) is 0 Å². The van der Waals surface area contributed by atoms with Crippen molar-refractivity contribution in [3.63, 3.8) is 0 Å². The maximum absolute atomic E-state index is 10.5. The van der Waals surface area contributed by atoms with Gasteiger partial charge in [-0.05, 0) is 72.3 Å². The van der Waals surface area contributed by atoms with Gasteiger partial charge in [0, 0.05) is 6.54 Å². The summed E-state index contributed by atoms with van der Waals surface area (Å²) in [5, 5.41) is 20.2. The fraction of sp³-hybridized carbons (Fsp3) is 0.429. The van der Waals surface area contributed by atoms with Crippen molar-refractivity contribution < 1.29 is 10.2 Å². The number of nitrogens with zero attached hydrogens (tertiary/aromatic N) is 1. The molecule has 2 aromatic carbocycles. The van der Waals surface area contributed by atoms with Gasteiger partial charge in [-0.25, -0.2) is 0 Å². The molecule has 2 aromatic rings. The highest BCUT2D eigenvalue weighted by atomic mass is 16.3. The number of fused-ring (bicyclic) bond motifs is 3. The first kappa shape index (κ1) is 17.0. The van der Waals surface area contributed by atoms with Crippen LogP contribution >= 0.6 is 0 Å². The van der Waals surface area contributed by atoms with Crippen molar-refractivity contribution in [3.05, 3.63) is 53.1 Å². The van der Waals surface area contributed by atoms with Gasteiger partial charge >= 0.3 is 0 Å². The number of benzene rings is 2. The molecule has 1 aliphatic carbocycles. The van der Waals surface area contributed by atoms with Crippen LogP contribution in [-0.4, -0.2) is 34.7 Å². The molecule has 0 bridgehead atoms. The fourth-order valence-electron chi connectivity index (χ4n) is 3.62. The number of rotatable bonds is 6. The third-order valence-electron chi connectivity index (χ3n) is 5.17. The number of hydrogen-bond donors (Lipinski definition) is 2. The van der Waals surface area contributed by atoms with Gasteiger partial charge in [0.15, 0.2) is 0 Å². The molecule has 3 heteroatoms. The fourth-order valence-corrected chi connectivity index (χ4v) is 3.62. The first-order chi connectivity index (χ1) is 11.6. The van der Waals surface area contributed by atoms with Crippen molar-refractivity contribution in [3.8, 4) is 16.9 Å². The Morgan fingerprint density at radius 3 is 2.25 bits per heavy atom. The van der Waals surface area contributed by atoms with E-state index in [2.05, 4.69) is 30.9 Å². The van der Waals surface area contributed by atoms with Crippen molar-refractivity contribution in [1.82, 2.24) is 4.90 Å². The summed E-state index contributed by atoms with van der Waals surface area (Å²) in [7, 11) is 0. The Kier molecular flexibility index (Phi) is 5.22. The summed E-state index contributed by atoms with van der Waals surface area (Å²) in [5.74, 6) is 0.334. The molecule has 128 valence electrons. The van der Waals surface area contributed by atoms with Gasteiger partial charge in [0.05, 0.1) is 6.10 Å². The second-order valence-corrected chi connectivity index (χ2v) is 6.59. The lowest BCUT2D eigenvalue weighted by atomic mass is 9.84. The van der Waals surface area contributed by atoms with Crippen LogP contribution in [0.2, 0.25) is 0 Å². The molecular formula is C21H27NO2. The number of hydrogen-bond acceptors (Lipinski definition) is 3. The Labute approximate surface area is 144 Å². The van der Waals surface area contributed by atoms with Gasteiger partial charge in [0.1, 0.15) is 5.75 Å². The SMILES string of the molecule is CCN(CC)CCC(O)c1ccc2c(c1)CCc1cc(O)ccc1-2. The van der Waals surface area contributed by atoms with E-state index in [9.17, 15) is 10.2 Å². The van der Waals surface area contributed by atoms with Crippen LogP contribution in [0.5, 0.6) is 5.75 Å². The predicted octanol–water partition coefficient (Wildman–Crippen LogP) is 3.92. The van der Waals surface area contributed by atoms with Crippen molar-refractivity contribution in [2.45, 2.75) is 39.2 Å². The standard InChI is InChI=1S/C21H27NO2/c1-3-22(4-2)12-11-21(24)17-7-9-19-15(13-17)5-6-16-14-18(23)8-10-20(16)19/h7-10,13-14,21,23-24H,3-6,11-12H2,1-2H3. The minimum atomic E-state index is -0.405. The number of aliphatic hydroxyl groups is 1. The van der Waals surface area contributed by atoms with Crippen LogP contribution in [0.4, 0.5) is 0 Å². The third-order valence-corrected chi connectivity index (χ3v) is 5.17. The molecule has 0 amide bonds. The van der Waals surface area contributed by atoms with Crippen molar-refractivity contribution in [1.29, 1.82) is 0 Å². The Morgan fingerprint density at radius 2 is 1.58 bits per heavy atom. The largest absolute Gasteiger partial charge is 0.508 e. The minimum Gasteiger partial charge on any atom is -0.508 e. The average Bonchev–Trinajstić information content (AvgIpc) is 2.61. The van der Waals surface area contributed by atoms with Gasteiger partial charge in [-0.3, -0.25) is 0 Å². The zero-order chi connectivity index (χ0) is 17.1. The number of phenolic OH excluding ortho intramolecular Hbond substituents is 1. The highest BCUT2D eigenvalue weighted by Gasteiger charge is 2.18. The van der Waals surface area contributed by atoms with Crippen LogP contribution < -0.4 is 0 Å². The summed E-state index contributed by atoms with van der Waals surface area (Å²) in [4.78, 5) is 2.34. The second-order valence-electron chi connectivity index (χ2n) is 6.59. The van der Waals surface area contributed by atoms with Crippen LogP contribution in [0.1, 0.15) is 43.1 Å². The zero-order valence-electron chi connectivity index (χ0n) is 14.6. The van der Waals surface area contributed by atoms with E-state index in [-0.39, 0.29) is 0 Å². The monoisotopic (exact) mass is 325 g/mol. The third kappa shape index (κ3) is 3.47. The maximum atomic E-state index is 10.5. The van der Waals surface area contributed by atoms with Crippen LogP contribution in [0, 0.1) is 0 Å². The molecular weight excluding hydrogens is 298 g/mol. The van der Waals surface area contributed by atoms with E-state index in [1.165, 1.54) is 22.3 Å². The van der Waals surface area contributed by atoms with Gasteiger partial charge in [0.25, 0.3) is 0 Å². The molecule has 0 spiro atoms. The zero-order valence-corrected chi connectivity index (χ0v) is 14.6. The summed E-state index contributed by atoms with van der Waals surface area (Å²) in [6.45, 7) is 7.29. The molecule has 0 saturated heterocycles. The number of aryl methyl sites for hydroxylation is 2. The molecule has 0 heterocycles. The predicted molar refractivity (Wildman–Crippen MR) is 98.3 cm³/mol. The minimum absolute atomic E-state index is 0.334. The van der Waals surface area contributed by atoms with Crippen molar-refractivity contribution >= 4 is 0 Å². The topological polar surface area (TPSA) is 43.7 Å². The summed E-state index contributed by atoms with van der Waals surface area (Å²) in [6.07, 6.45) is 2.26. The molecule has 0 aromatic heterocycles. The molecule has 1 atom stereocenters. The molecule has 1 aliphatic rings. The molecule has 3 nitrogen and oxygen atoms in total. The van der Waals surface area contributed by atoms with E-state index in [4.69, 9.17) is 0 Å². The number of aliphatic hydroxyl groups excluding tert-OH is 1. The van der Waals surface area contributed by atoms with Gasteiger partial charge in [-0.2, -0.15) is 0 Å². The smallest absolute Gasteiger partial charge is 0.115 e. The summed E-state index contributed by atoms with van der Waals surface area (Å²) >= 11 is 0. The molecule has 0 saturated carbocycles. The van der Waals surface area contributed by atoms with Gasteiger partial charge in [0.2, 0.25) is 0 Å².